The average molecular weight is 328 g/mol. The largest absolute Gasteiger partial charge is 0.292 e. The Morgan fingerprint density at radius 2 is 1.90 bits per heavy atom. The van der Waals surface area contributed by atoms with Crippen LogP contribution in [0.5, 0.6) is 0 Å². The maximum Gasteiger partial charge on any atom is 0.256 e. The van der Waals surface area contributed by atoms with Crippen molar-refractivity contribution in [2.24, 2.45) is 0 Å². The first kappa shape index (κ1) is 15.5. The van der Waals surface area contributed by atoms with Crippen molar-refractivity contribution in [2.45, 2.75) is 13.3 Å². The minimum absolute atomic E-state index is 0.0835. The summed E-state index contributed by atoms with van der Waals surface area (Å²) in [6, 6.07) is 7.13. The molecule has 0 aliphatic rings. The first-order valence-corrected chi connectivity index (χ1v) is 8.33. The van der Waals surface area contributed by atoms with Gasteiger partial charge in [-0.3, -0.25) is 14.5 Å². The zero-order valence-corrected chi connectivity index (χ0v) is 13.0. The van der Waals surface area contributed by atoms with Crippen LogP contribution in [0.2, 0.25) is 5.02 Å². The van der Waals surface area contributed by atoms with Crippen molar-refractivity contribution in [3.63, 3.8) is 0 Å². The summed E-state index contributed by atoms with van der Waals surface area (Å²) < 4.78 is 24.4. The molecule has 0 aliphatic carbocycles. The van der Waals surface area contributed by atoms with Crippen LogP contribution in [-0.4, -0.2) is 24.6 Å². The Kier molecular flexibility index (Phi) is 4.34. The van der Waals surface area contributed by atoms with E-state index in [0.29, 0.717) is 22.7 Å². The third-order valence-corrected chi connectivity index (χ3v) is 3.61. The van der Waals surface area contributed by atoms with Gasteiger partial charge in [0.25, 0.3) is 5.56 Å². The minimum atomic E-state index is -3.48. The summed E-state index contributed by atoms with van der Waals surface area (Å²) in [4.78, 5) is 18.5. The highest BCUT2D eigenvalue weighted by Crippen LogP contribution is 2.14. The van der Waals surface area contributed by atoms with E-state index in [2.05, 4.69) is 14.7 Å². The van der Waals surface area contributed by atoms with Gasteiger partial charge in [0.15, 0.2) is 0 Å². The van der Waals surface area contributed by atoms with Crippen LogP contribution in [0.3, 0.4) is 0 Å². The number of sulfonamides is 1. The third kappa shape index (κ3) is 4.30. The number of benzene rings is 1. The second kappa shape index (κ2) is 5.87. The molecule has 0 atom stereocenters. The first-order valence-electron chi connectivity index (χ1n) is 6.06. The molecule has 0 unspecified atom stereocenters. The second-order valence-electron chi connectivity index (χ2n) is 4.66. The lowest BCUT2D eigenvalue weighted by Gasteiger charge is -2.08. The highest BCUT2D eigenvalue weighted by atomic mass is 35.5. The number of rotatable bonds is 4. The van der Waals surface area contributed by atoms with Crippen molar-refractivity contribution < 1.29 is 8.42 Å². The van der Waals surface area contributed by atoms with Crippen LogP contribution in [0.1, 0.15) is 16.8 Å². The molecule has 8 heteroatoms. The van der Waals surface area contributed by atoms with E-state index in [4.69, 9.17) is 11.6 Å². The fraction of sp³-hybridized carbons (Fsp3) is 0.231. The van der Waals surface area contributed by atoms with Gasteiger partial charge in [-0.15, -0.1) is 0 Å². The van der Waals surface area contributed by atoms with Crippen molar-refractivity contribution >= 4 is 27.6 Å². The van der Waals surface area contributed by atoms with Crippen LogP contribution in [0.4, 0.5) is 5.95 Å². The van der Waals surface area contributed by atoms with Crippen LogP contribution in [0.25, 0.3) is 0 Å². The van der Waals surface area contributed by atoms with Crippen LogP contribution < -0.4 is 10.3 Å². The van der Waals surface area contributed by atoms with Gasteiger partial charge < -0.3 is 0 Å². The molecule has 21 heavy (non-hydrogen) atoms. The molecular weight excluding hydrogens is 314 g/mol. The van der Waals surface area contributed by atoms with Crippen LogP contribution in [0, 0.1) is 6.92 Å². The number of aromatic amines is 1. The molecule has 2 N–H and O–H groups in total. The van der Waals surface area contributed by atoms with Gasteiger partial charge in [0.1, 0.15) is 0 Å². The molecule has 0 saturated heterocycles. The summed E-state index contributed by atoms with van der Waals surface area (Å²) in [5.41, 5.74) is 1.50. The van der Waals surface area contributed by atoms with E-state index in [1.165, 1.54) is 0 Å². The normalized spacial score (nSPS) is 11.4. The molecule has 0 aliphatic heterocycles. The number of anilines is 1. The third-order valence-electron chi connectivity index (χ3n) is 2.80. The Hall–Kier alpha value is -1.86. The topological polar surface area (TPSA) is 91.9 Å². The number of nitrogens with one attached hydrogen (secondary N) is 2. The Balaban J connectivity index is 2.33. The lowest BCUT2D eigenvalue weighted by atomic mass is 10.1. The monoisotopic (exact) mass is 327 g/mol. The summed E-state index contributed by atoms with van der Waals surface area (Å²) in [7, 11) is -3.48. The summed E-state index contributed by atoms with van der Waals surface area (Å²) in [5.74, 6) is -0.0835. The molecule has 1 aromatic carbocycles. The molecule has 0 fully saturated rings. The van der Waals surface area contributed by atoms with E-state index in [-0.39, 0.29) is 11.5 Å². The van der Waals surface area contributed by atoms with Gasteiger partial charge in [0, 0.05) is 17.0 Å². The number of aromatic nitrogens is 2. The highest BCUT2D eigenvalue weighted by molar-refractivity contribution is 7.91. The fourth-order valence-electron chi connectivity index (χ4n) is 1.85. The average Bonchev–Trinajstić information content (AvgIpc) is 2.34. The van der Waals surface area contributed by atoms with Crippen molar-refractivity contribution in [2.75, 3.05) is 11.0 Å². The van der Waals surface area contributed by atoms with Crippen LogP contribution >= 0.6 is 11.6 Å². The lowest BCUT2D eigenvalue weighted by molar-refractivity contribution is 0.606. The van der Waals surface area contributed by atoms with E-state index < -0.39 is 10.0 Å². The minimum Gasteiger partial charge on any atom is -0.292 e. The molecule has 2 rings (SSSR count). The predicted octanol–water partition coefficient (Wildman–Crippen LogP) is 1.69. The highest BCUT2D eigenvalue weighted by Gasteiger charge is 2.11. The number of hydrogen-bond acceptors (Lipinski definition) is 4. The summed E-state index contributed by atoms with van der Waals surface area (Å²) >= 11 is 5.81. The van der Waals surface area contributed by atoms with Gasteiger partial charge in [-0.05, 0) is 24.6 Å². The Labute approximate surface area is 127 Å². The van der Waals surface area contributed by atoms with Gasteiger partial charge in [0.05, 0.1) is 11.9 Å². The number of H-pyrrole nitrogens is 1. The van der Waals surface area contributed by atoms with E-state index in [1.807, 2.05) is 12.1 Å². The Morgan fingerprint density at radius 1 is 1.29 bits per heavy atom. The van der Waals surface area contributed by atoms with Crippen molar-refractivity contribution in [3.05, 3.63) is 56.5 Å². The molecule has 112 valence electrons. The van der Waals surface area contributed by atoms with Crippen molar-refractivity contribution in [1.29, 1.82) is 0 Å². The SMILES string of the molecule is Cc1nc(NS(C)(=O)=O)[nH]c(=O)c1Cc1ccc(Cl)cc1. The fourth-order valence-corrected chi connectivity index (χ4v) is 2.42. The maximum absolute atomic E-state index is 12.1. The van der Waals surface area contributed by atoms with Crippen LogP contribution in [0.15, 0.2) is 29.1 Å². The number of nitrogens with zero attached hydrogens (tertiary/aromatic N) is 1. The van der Waals surface area contributed by atoms with E-state index in [9.17, 15) is 13.2 Å². The van der Waals surface area contributed by atoms with E-state index in [1.54, 1.807) is 19.1 Å². The van der Waals surface area contributed by atoms with E-state index >= 15 is 0 Å². The van der Waals surface area contributed by atoms with Gasteiger partial charge in [-0.2, -0.15) is 0 Å². The van der Waals surface area contributed by atoms with Crippen LogP contribution in [-0.2, 0) is 16.4 Å². The molecule has 0 saturated carbocycles. The summed E-state index contributed by atoms with van der Waals surface area (Å²) in [5, 5.41) is 0.621. The van der Waals surface area contributed by atoms with E-state index in [0.717, 1.165) is 11.8 Å². The zero-order valence-electron chi connectivity index (χ0n) is 11.5. The van der Waals surface area contributed by atoms with Gasteiger partial charge in [-0.25, -0.2) is 13.4 Å². The molecule has 0 amide bonds. The number of halogens is 1. The van der Waals surface area contributed by atoms with Gasteiger partial charge in [-0.1, -0.05) is 23.7 Å². The molecule has 0 bridgehead atoms. The smallest absolute Gasteiger partial charge is 0.256 e. The summed E-state index contributed by atoms with van der Waals surface area (Å²) in [6.07, 6.45) is 1.38. The molecule has 6 nitrogen and oxygen atoms in total. The van der Waals surface area contributed by atoms with Gasteiger partial charge in [0.2, 0.25) is 16.0 Å². The van der Waals surface area contributed by atoms with Crippen molar-refractivity contribution in [3.8, 4) is 0 Å². The molecule has 1 heterocycles. The number of hydrogen-bond donors (Lipinski definition) is 2. The number of aryl methyl sites for hydroxylation is 1. The second-order valence-corrected chi connectivity index (χ2v) is 6.84. The lowest BCUT2D eigenvalue weighted by Crippen LogP contribution is -2.21. The zero-order chi connectivity index (χ0) is 15.6. The van der Waals surface area contributed by atoms with Gasteiger partial charge >= 0.3 is 0 Å². The predicted molar refractivity (Wildman–Crippen MR) is 82.3 cm³/mol. The standard InChI is InChI=1S/C13H14ClN3O3S/c1-8-11(7-9-3-5-10(14)6-4-9)12(18)16-13(15-8)17-21(2,19)20/h3-6H,7H2,1-2H3,(H2,15,16,17,18). The molecule has 2 aromatic rings. The van der Waals surface area contributed by atoms with Crippen molar-refractivity contribution in [1.82, 2.24) is 9.97 Å². The Morgan fingerprint density at radius 3 is 2.43 bits per heavy atom. The summed E-state index contributed by atoms with van der Waals surface area (Å²) in [6.45, 7) is 1.66. The Bertz CT molecular complexity index is 814. The first-order chi connectivity index (χ1) is 9.74. The molecular formula is C13H14ClN3O3S. The maximum atomic E-state index is 12.1. The molecule has 0 radical (unpaired) electrons. The molecule has 1 aromatic heterocycles. The quantitative estimate of drug-likeness (QED) is 0.894. The molecule has 0 spiro atoms.